The van der Waals surface area contributed by atoms with Gasteiger partial charge in [-0.1, -0.05) is 0 Å². The van der Waals surface area contributed by atoms with Crippen molar-refractivity contribution >= 4 is 31.8 Å². The third kappa shape index (κ3) is 4.42. The molecule has 4 aliphatic carbocycles. The van der Waals surface area contributed by atoms with Crippen molar-refractivity contribution in [2.45, 2.75) is 62.9 Å². The Morgan fingerprint density at radius 1 is 0.724 bits per heavy atom. The Morgan fingerprint density at radius 3 is 1.72 bits per heavy atom. The van der Waals surface area contributed by atoms with Gasteiger partial charge in [-0.05, 0) is 0 Å². The van der Waals surface area contributed by atoms with Gasteiger partial charge < -0.3 is 0 Å². The van der Waals surface area contributed by atoms with Gasteiger partial charge in [0.2, 0.25) is 0 Å². The van der Waals surface area contributed by atoms with Gasteiger partial charge in [0, 0.05) is 0 Å². The van der Waals surface area contributed by atoms with Gasteiger partial charge >= 0.3 is 171 Å². The maximum absolute atomic E-state index is 2.73. The van der Waals surface area contributed by atoms with E-state index in [-0.39, 0.29) is 24.8 Å². The molecule has 0 nitrogen and oxygen atoms in total. The summed E-state index contributed by atoms with van der Waals surface area (Å²) in [4.78, 5) is 0. The van der Waals surface area contributed by atoms with Crippen molar-refractivity contribution in [2.75, 3.05) is 0 Å². The molecule has 0 spiro atoms. The van der Waals surface area contributed by atoms with Gasteiger partial charge in [-0.3, -0.25) is 0 Å². The normalized spacial score (nSPS) is 27.0. The van der Waals surface area contributed by atoms with Gasteiger partial charge in [-0.25, -0.2) is 0 Å². The van der Waals surface area contributed by atoms with E-state index in [1.54, 1.807) is 16.7 Å². The summed E-state index contributed by atoms with van der Waals surface area (Å²) in [7, 11) is 0. The van der Waals surface area contributed by atoms with Crippen molar-refractivity contribution in [3.8, 4) is 0 Å². The fourth-order valence-corrected chi connectivity index (χ4v) is 32.1. The van der Waals surface area contributed by atoms with E-state index in [0.29, 0.717) is 0 Å². The molecule has 1 aromatic rings. The average Bonchev–Trinajstić information content (AvgIpc) is 3.34. The van der Waals surface area contributed by atoms with Crippen LogP contribution in [0.2, 0.25) is 7.35 Å². The summed E-state index contributed by atoms with van der Waals surface area (Å²) in [6.45, 7) is 2.55. The monoisotopic (exact) mass is 611 g/mol. The fraction of sp³-hybridized carbons (Fsp3) is 0.440. The molecule has 155 valence electrons. The molecule has 5 rings (SSSR count). The van der Waals surface area contributed by atoms with Crippen LogP contribution in [-0.2, 0) is 22.8 Å². The van der Waals surface area contributed by atoms with E-state index in [0.717, 1.165) is 7.35 Å². The van der Waals surface area contributed by atoms with Crippen LogP contribution in [0.5, 0.6) is 0 Å². The van der Waals surface area contributed by atoms with Crippen molar-refractivity contribution in [3.05, 3.63) is 82.5 Å². The third-order valence-corrected chi connectivity index (χ3v) is 33.3. The van der Waals surface area contributed by atoms with E-state index < -0.39 is 18.6 Å². The summed E-state index contributed by atoms with van der Waals surface area (Å²) < 4.78 is 3.09. The molecule has 0 fully saturated rings. The predicted molar refractivity (Wildman–Crippen MR) is 130 cm³/mol. The first-order chi connectivity index (χ1) is 13.3. The SMILES string of the molecule is Cl.Cl.[SiH2]=[Hf]([CH2]c1ccccc1)([CH]1C=CC2=C1CCCC2)[CH]1C=CC2=C1CCCC2. The molecule has 0 heterocycles. The van der Waals surface area contributed by atoms with Crippen LogP contribution in [-0.4, -0.2) is 6.94 Å². The van der Waals surface area contributed by atoms with Crippen LogP contribution < -0.4 is 0 Å². The first-order valence-electron chi connectivity index (χ1n) is 11.0. The van der Waals surface area contributed by atoms with Crippen LogP contribution in [0.4, 0.5) is 0 Å². The van der Waals surface area contributed by atoms with E-state index in [1.165, 1.54) is 55.5 Å². The van der Waals surface area contributed by atoms with Crippen molar-refractivity contribution in [3.63, 3.8) is 0 Å². The molecular weight excluding hydrogens is 578 g/mol. The molecule has 0 bridgehead atoms. The predicted octanol–water partition coefficient (Wildman–Crippen LogP) is 7.19. The fourth-order valence-electron chi connectivity index (χ4n) is 6.12. The van der Waals surface area contributed by atoms with Gasteiger partial charge in [-0.15, -0.1) is 24.8 Å². The topological polar surface area (TPSA) is 0 Å². The third-order valence-electron chi connectivity index (χ3n) is 7.45. The van der Waals surface area contributed by atoms with Crippen LogP contribution in [0.3, 0.4) is 0 Å². The second-order valence-corrected chi connectivity index (χ2v) is 34.5. The van der Waals surface area contributed by atoms with E-state index in [4.69, 9.17) is 0 Å². The minimum atomic E-state index is -2.73. The van der Waals surface area contributed by atoms with E-state index in [9.17, 15) is 0 Å². The van der Waals surface area contributed by atoms with Crippen molar-refractivity contribution in [2.24, 2.45) is 0 Å². The molecular formula is C25H33Cl2HfSi. The molecule has 0 saturated carbocycles. The average molecular weight is 611 g/mol. The van der Waals surface area contributed by atoms with E-state index >= 15 is 0 Å². The first-order valence-corrected chi connectivity index (χ1v) is 26.0. The zero-order valence-electron chi connectivity index (χ0n) is 17.2. The molecule has 0 saturated heterocycles. The molecule has 1 aromatic carbocycles. The summed E-state index contributed by atoms with van der Waals surface area (Å²) in [6, 6.07) is 11.5. The molecule has 2 unspecified atom stereocenters. The van der Waals surface area contributed by atoms with Gasteiger partial charge in [0.15, 0.2) is 0 Å². The minimum absolute atomic E-state index is 0. The van der Waals surface area contributed by atoms with E-state index in [2.05, 4.69) is 61.6 Å². The number of rotatable bonds is 4. The Bertz CT molecular complexity index is 858. The van der Waals surface area contributed by atoms with E-state index in [1.807, 2.05) is 11.1 Å². The Hall–Kier alpha value is -0.153. The second-order valence-electron chi connectivity index (χ2n) is 9.08. The Kier molecular flexibility index (Phi) is 8.09. The van der Waals surface area contributed by atoms with Crippen LogP contribution in [0.1, 0.15) is 56.9 Å². The number of hydrogen-bond donors (Lipinski definition) is 0. The molecule has 0 aromatic heterocycles. The molecule has 2 atom stereocenters. The number of halogens is 2. The second kappa shape index (κ2) is 9.98. The van der Waals surface area contributed by atoms with Gasteiger partial charge in [-0.2, -0.15) is 0 Å². The van der Waals surface area contributed by atoms with Gasteiger partial charge in [0.1, 0.15) is 0 Å². The molecule has 0 aliphatic heterocycles. The van der Waals surface area contributed by atoms with Crippen LogP contribution >= 0.6 is 24.8 Å². The first kappa shape index (κ1) is 23.5. The zero-order chi connectivity index (χ0) is 18.3. The summed E-state index contributed by atoms with van der Waals surface area (Å²) in [5.41, 5.74) is 8.83. The van der Waals surface area contributed by atoms with Crippen LogP contribution in [0.15, 0.2) is 76.9 Å². The molecule has 4 heteroatoms. The van der Waals surface area contributed by atoms with Gasteiger partial charge in [0.05, 0.1) is 0 Å². The van der Waals surface area contributed by atoms with Gasteiger partial charge in [0.25, 0.3) is 0 Å². The standard InChI is InChI=1S/2C9H11.C7H7.2ClH.Hf.H2Si/c2*1-2-5-9-7-3-6-8(9)4-1;1-7-5-3-2-4-6-7;;;;/h2*3,6-7H,1-2,4-5H2;2-6H,1H2;2*1H;;1H2. The molecule has 0 amide bonds. The molecule has 0 N–H and O–H groups in total. The van der Waals surface area contributed by atoms with Crippen molar-refractivity contribution < 1.29 is 18.6 Å². The van der Waals surface area contributed by atoms with Crippen LogP contribution in [0.25, 0.3) is 0 Å². The Morgan fingerprint density at radius 2 is 1.21 bits per heavy atom. The van der Waals surface area contributed by atoms with Crippen molar-refractivity contribution in [1.82, 2.24) is 0 Å². The summed E-state index contributed by atoms with van der Waals surface area (Å²) in [5, 5.41) is 0. The molecule has 29 heavy (non-hydrogen) atoms. The number of benzene rings is 1. The Balaban J connectivity index is 0.00000120. The molecule has 0 radical (unpaired) electrons. The van der Waals surface area contributed by atoms with Crippen molar-refractivity contribution in [1.29, 1.82) is 0 Å². The summed E-state index contributed by atoms with van der Waals surface area (Å²) in [6.07, 6.45) is 21.5. The zero-order valence-corrected chi connectivity index (χ0v) is 23.9. The summed E-state index contributed by atoms with van der Waals surface area (Å²) >= 11 is -2.73. The number of allylic oxidation sites excluding steroid dienone is 8. The molecule has 4 aliphatic rings. The quantitative estimate of drug-likeness (QED) is 0.317. The maximum atomic E-state index is 2.68. The summed E-state index contributed by atoms with van der Waals surface area (Å²) in [5.74, 6) is 0. The Labute approximate surface area is 194 Å². The number of hydrogen-bond acceptors (Lipinski definition) is 0. The van der Waals surface area contributed by atoms with Crippen LogP contribution in [0, 0.1) is 0 Å².